The summed E-state index contributed by atoms with van der Waals surface area (Å²) in [7, 11) is 1.63. The molecule has 1 aliphatic rings. The van der Waals surface area contributed by atoms with Gasteiger partial charge in [0.15, 0.2) is 0 Å². The Morgan fingerprint density at radius 3 is 2.68 bits per heavy atom. The fraction of sp³-hybridized carbons (Fsp3) is 0.476. The summed E-state index contributed by atoms with van der Waals surface area (Å²) in [6.45, 7) is 2.48. The summed E-state index contributed by atoms with van der Waals surface area (Å²) >= 11 is 0. The molecule has 0 spiro atoms. The second-order valence-electron chi connectivity index (χ2n) is 7.25. The van der Waals surface area contributed by atoms with Gasteiger partial charge >= 0.3 is 6.03 Å². The number of piperidine rings is 1. The second kappa shape index (κ2) is 9.92. The predicted molar refractivity (Wildman–Crippen MR) is 109 cm³/mol. The number of likely N-dealkylation sites (tertiary alicyclic amines) is 1. The molecule has 1 fully saturated rings. The molecule has 2 N–H and O–H groups in total. The van der Waals surface area contributed by atoms with Crippen LogP contribution in [0.2, 0.25) is 0 Å². The zero-order valence-corrected chi connectivity index (χ0v) is 16.4. The highest BCUT2D eigenvalue weighted by Crippen LogP contribution is 2.23. The molecular weight excluding hydrogens is 354 g/mol. The number of carbonyl (C=O) groups is 2. The van der Waals surface area contributed by atoms with E-state index in [4.69, 9.17) is 0 Å². The van der Waals surface area contributed by atoms with Crippen LogP contribution in [0.5, 0.6) is 0 Å². The lowest BCUT2D eigenvalue weighted by Crippen LogP contribution is -2.41. The third-order valence-electron chi connectivity index (χ3n) is 5.39. The number of amides is 3. The lowest BCUT2D eigenvalue weighted by molar-refractivity contribution is -0.120. The Bertz CT molecular complexity index is 767. The van der Waals surface area contributed by atoms with Crippen LogP contribution in [0.3, 0.4) is 0 Å². The van der Waals surface area contributed by atoms with Crippen molar-refractivity contribution in [2.24, 2.45) is 5.92 Å². The third-order valence-corrected chi connectivity index (χ3v) is 5.39. The summed E-state index contributed by atoms with van der Waals surface area (Å²) in [5.41, 5.74) is 1.77. The van der Waals surface area contributed by atoms with Gasteiger partial charge in [0, 0.05) is 51.2 Å². The zero-order chi connectivity index (χ0) is 19.8. The Hall–Kier alpha value is -2.83. The second-order valence-corrected chi connectivity index (χ2v) is 7.25. The fourth-order valence-electron chi connectivity index (χ4n) is 3.60. The Morgan fingerprint density at radius 1 is 1.18 bits per heavy atom. The number of hydrogen-bond donors (Lipinski definition) is 2. The van der Waals surface area contributed by atoms with E-state index in [-0.39, 0.29) is 11.9 Å². The van der Waals surface area contributed by atoms with Gasteiger partial charge < -0.3 is 15.5 Å². The summed E-state index contributed by atoms with van der Waals surface area (Å²) in [6, 6.07) is 9.58. The van der Waals surface area contributed by atoms with Crippen LogP contribution < -0.4 is 10.6 Å². The van der Waals surface area contributed by atoms with E-state index >= 15 is 0 Å². The van der Waals surface area contributed by atoms with Crippen molar-refractivity contribution in [1.82, 2.24) is 20.0 Å². The molecule has 0 radical (unpaired) electrons. The minimum Gasteiger partial charge on any atom is -0.359 e. The maximum Gasteiger partial charge on any atom is 0.321 e. The van der Waals surface area contributed by atoms with Crippen LogP contribution in [0.1, 0.15) is 31.2 Å². The molecule has 28 heavy (non-hydrogen) atoms. The molecule has 3 rings (SSSR count). The summed E-state index contributed by atoms with van der Waals surface area (Å²) in [5.74, 6) is 0.631. The molecule has 1 aromatic carbocycles. The Kier molecular flexibility index (Phi) is 7.06. The number of anilines is 1. The molecule has 0 saturated carbocycles. The van der Waals surface area contributed by atoms with Crippen molar-refractivity contribution in [3.05, 3.63) is 48.3 Å². The third kappa shape index (κ3) is 5.58. The van der Waals surface area contributed by atoms with Crippen molar-refractivity contribution in [3.8, 4) is 0 Å². The smallest absolute Gasteiger partial charge is 0.321 e. The first-order chi connectivity index (χ1) is 13.7. The normalized spacial score (nSPS) is 14.7. The van der Waals surface area contributed by atoms with Crippen molar-refractivity contribution in [1.29, 1.82) is 0 Å². The number of carbonyl (C=O) groups excluding carboxylic acids is 2. The van der Waals surface area contributed by atoms with E-state index in [0.717, 1.165) is 50.1 Å². The maximum absolute atomic E-state index is 12.7. The van der Waals surface area contributed by atoms with Crippen LogP contribution in [0, 0.1) is 5.92 Å². The van der Waals surface area contributed by atoms with E-state index in [9.17, 15) is 9.59 Å². The van der Waals surface area contributed by atoms with Gasteiger partial charge in [-0.1, -0.05) is 18.2 Å². The van der Waals surface area contributed by atoms with Crippen molar-refractivity contribution >= 4 is 17.6 Å². The topological polar surface area (TPSA) is 79.3 Å². The molecule has 0 unspecified atom stereocenters. The van der Waals surface area contributed by atoms with Gasteiger partial charge in [-0.15, -0.1) is 0 Å². The van der Waals surface area contributed by atoms with Gasteiger partial charge in [0.2, 0.25) is 5.91 Å². The average Bonchev–Trinajstić information content (AvgIpc) is 3.25. The number of aryl methyl sites for hydroxylation is 2. The number of para-hydroxylation sites is 1. The Labute approximate surface area is 166 Å². The Balaban J connectivity index is 1.47. The maximum atomic E-state index is 12.7. The molecular formula is C21H29N5O2. The minimum absolute atomic E-state index is 0.00156. The molecule has 1 aromatic heterocycles. The number of rotatable bonds is 7. The zero-order valence-electron chi connectivity index (χ0n) is 16.4. The van der Waals surface area contributed by atoms with Crippen molar-refractivity contribution in [2.45, 2.75) is 38.6 Å². The van der Waals surface area contributed by atoms with E-state index in [1.807, 2.05) is 46.1 Å². The SMILES string of the molecule is CNC(=O)CCc1ccccc1NC(=O)N1CCC(CCn2cccn2)CC1. The van der Waals surface area contributed by atoms with E-state index in [1.165, 1.54) is 0 Å². The molecule has 3 amide bonds. The highest BCUT2D eigenvalue weighted by atomic mass is 16.2. The minimum atomic E-state index is -0.0575. The van der Waals surface area contributed by atoms with E-state index in [1.54, 1.807) is 13.2 Å². The largest absolute Gasteiger partial charge is 0.359 e. The first-order valence-electron chi connectivity index (χ1n) is 9.97. The number of benzene rings is 1. The fourth-order valence-corrected chi connectivity index (χ4v) is 3.60. The average molecular weight is 383 g/mol. The molecule has 1 aliphatic heterocycles. The summed E-state index contributed by atoms with van der Waals surface area (Å²) in [6.07, 6.45) is 7.94. The van der Waals surface area contributed by atoms with E-state index in [2.05, 4.69) is 15.7 Å². The van der Waals surface area contributed by atoms with Gasteiger partial charge in [0.05, 0.1) is 0 Å². The molecule has 1 saturated heterocycles. The van der Waals surface area contributed by atoms with Gasteiger partial charge in [0.1, 0.15) is 0 Å². The lowest BCUT2D eigenvalue weighted by Gasteiger charge is -2.32. The molecule has 7 heteroatoms. The van der Waals surface area contributed by atoms with Crippen LogP contribution in [0.4, 0.5) is 10.5 Å². The Morgan fingerprint density at radius 2 is 1.96 bits per heavy atom. The molecule has 2 aromatic rings. The van der Waals surface area contributed by atoms with Gasteiger partial charge in [-0.05, 0) is 49.3 Å². The molecule has 0 bridgehead atoms. The standard InChI is InChI=1S/C21H29N5O2/c1-22-20(27)8-7-18-5-2-3-6-19(18)24-21(28)25-14-9-17(10-15-25)11-16-26-13-4-12-23-26/h2-6,12-13,17H,7-11,14-16H2,1H3,(H,22,27)(H,24,28). The van der Waals surface area contributed by atoms with Crippen LogP contribution in [0.25, 0.3) is 0 Å². The number of aromatic nitrogens is 2. The van der Waals surface area contributed by atoms with E-state index in [0.29, 0.717) is 18.8 Å². The number of hydrogen-bond acceptors (Lipinski definition) is 3. The highest BCUT2D eigenvalue weighted by Gasteiger charge is 2.23. The molecule has 2 heterocycles. The first kappa shape index (κ1) is 19.9. The van der Waals surface area contributed by atoms with Crippen molar-refractivity contribution in [2.75, 3.05) is 25.5 Å². The molecule has 7 nitrogen and oxygen atoms in total. The van der Waals surface area contributed by atoms with Crippen molar-refractivity contribution in [3.63, 3.8) is 0 Å². The summed E-state index contributed by atoms with van der Waals surface area (Å²) in [5, 5.41) is 9.91. The number of urea groups is 1. The van der Waals surface area contributed by atoms with Crippen LogP contribution in [-0.2, 0) is 17.8 Å². The summed E-state index contributed by atoms with van der Waals surface area (Å²) in [4.78, 5) is 26.1. The van der Waals surface area contributed by atoms with Gasteiger partial charge in [-0.2, -0.15) is 5.10 Å². The van der Waals surface area contributed by atoms with Gasteiger partial charge in [-0.3, -0.25) is 9.48 Å². The monoisotopic (exact) mass is 383 g/mol. The van der Waals surface area contributed by atoms with Gasteiger partial charge in [-0.25, -0.2) is 4.79 Å². The van der Waals surface area contributed by atoms with Crippen LogP contribution in [-0.4, -0.2) is 46.8 Å². The number of nitrogens with one attached hydrogen (secondary N) is 2. The lowest BCUT2D eigenvalue weighted by atomic mass is 9.94. The molecule has 0 atom stereocenters. The highest BCUT2D eigenvalue weighted by molar-refractivity contribution is 5.90. The van der Waals surface area contributed by atoms with Crippen LogP contribution in [0.15, 0.2) is 42.7 Å². The quantitative estimate of drug-likeness (QED) is 0.772. The molecule has 0 aliphatic carbocycles. The van der Waals surface area contributed by atoms with Gasteiger partial charge in [0.25, 0.3) is 0 Å². The first-order valence-corrected chi connectivity index (χ1v) is 9.97. The molecule has 150 valence electrons. The number of nitrogens with zero attached hydrogens (tertiary/aromatic N) is 3. The summed E-state index contributed by atoms with van der Waals surface area (Å²) < 4.78 is 1.97. The van der Waals surface area contributed by atoms with Crippen LogP contribution >= 0.6 is 0 Å². The predicted octanol–water partition coefficient (Wildman–Crippen LogP) is 2.90. The van der Waals surface area contributed by atoms with E-state index < -0.39 is 0 Å². The van der Waals surface area contributed by atoms with Crippen molar-refractivity contribution < 1.29 is 9.59 Å².